The lowest BCUT2D eigenvalue weighted by Crippen LogP contribution is -2.63. The van der Waals surface area contributed by atoms with Crippen molar-refractivity contribution in [3.05, 3.63) is 0 Å². The Morgan fingerprint density at radius 2 is 1.59 bits per heavy atom. The van der Waals surface area contributed by atoms with Crippen LogP contribution in [-0.2, 0) is 0 Å². The summed E-state index contributed by atoms with van der Waals surface area (Å²) < 4.78 is 1.39. The maximum atomic E-state index is 5.74. The van der Waals surface area contributed by atoms with Gasteiger partial charge in [0.2, 0.25) is 4.05 Å². The maximum absolute atomic E-state index is 5.74. The Balaban J connectivity index is 5.28. The van der Waals surface area contributed by atoms with E-state index in [4.69, 9.17) is 6.42 Å². The number of hydrogen-bond donors (Lipinski definition) is 0. The van der Waals surface area contributed by atoms with Crippen molar-refractivity contribution in [3.8, 4) is 12.3 Å². The fourth-order valence-electron chi connectivity index (χ4n) is 2.69. The average molecular weight is 350 g/mol. The van der Waals surface area contributed by atoms with Crippen molar-refractivity contribution in [2.45, 2.75) is 76.4 Å². The lowest BCUT2D eigenvalue weighted by atomic mass is 10.0. The number of nitrogens with zero attached hydrogens (tertiary/aromatic N) is 1. The van der Waals surface area contributed by atoms with Crippen molar-refractivity contribution in [2.75, 3.05) is 6.54 Å². The zero-order valence-corrected chi connectivity index (χ0v) is 14.3. The first-order valence-electron chi connectivity index (χ1n) is 6.98. The third-order valence-corrected chi connectivity index (χ3v) is 5.68. The van der Waals surface area contributed by atoms with E-state index in [0.717, 1.165) is 4.48 Å². The summed E-state index contributed by atoms with van der Waals surface area (Å²) in [5.74, 6) is 3.00. The van der Waals surface area contributed by atoms with Gasteiger partial charge in [-0.15, -0.1) is 6.42 Å². The molecular weight excluding hydrogens is 321 g/mol. The molecule has 0 fully saturated rings. The summed E-state index contributed by atoms with van der Waals surface area (Å²) in [6, 6.07) is 1.30. The van der Waals surface area contributed by atoms with E-state index in [-0.39, 0.29) is 0 Å². The van der Waals surface area contributed by atoms with Gasteiger partial charge in [0.05, 0.1) is 18.6 Å². The highest BCUT2D eigenvalue weighted by Crippen LogP contribution is 2.32. The van der Waals surface area contributed by atoms with Gasteiger partial charge in [-0.1, -0.05) is 27.2 Å². The van der Waals surface area contributed by atoms with E-state index in [2.05, 4.69) is 63.1 Å². The molecule has 100 valence electrons. The van der Waals surface area contributed by atoms with Gasteiger partial charge in [0.15, 0.2) is 0 Å². The molecule has 0 saturated heterocycles. The molecule has 0 aromatic heterocycles. The molecule has 0 amide bonds. The zero-order chi connectivity index (χ0) is 13.5. The van der Waals surface area contributed by atoms with E-state index in [1.807, 2.05) is 0 Å². The van der Waals surface area contributed by atoms with Gasteiger partial charge < -0.3 is 0 Å². The molecule has 0 aliphatic rings. The number of quaternary nitrogens is 1. The fourth-order valence-corrected chi connectivity index (χ4v) is 4.06. The van der Waals surface area contributed by atoms with Crippen molar-refractivity contribution >= 4 is 22.6 Å². The van der Waals surface area contributed by atoms with Gasteiger partial charge in [-0.05, 0) is 39.0 Å². The number of rotatable bonds is 8. The molecule has 0 aliphatic heterocycles. The van der Waals surface area contributed by atoms with Crippen LogP contribution in [0.25, 0.3) is 0 Å². The van der Waals surface area contributed by atoms with Crippen molar-refractivity contribution in [1.29, 1.82) is 0 Å². The third kappa shape index (κ3) is 3.86. The summed E-state index contributed by atoms with van der Waals surface area (Å²) in [6.45, 7) is 12.8. The van der Waals surface area contributed by atoms with Crippen LogP contribution in [0, 0.1) is 12.3 Å². The van der Waals surface area contributed by atoms with Gasteiger partial charge in [-0.3, -0.25) is 4.48 Å². The Kier molecular flexibility index (Phi) is 8.49. The SMILES string of the molecule is C#CC(I)[N+](CCCC)(C(C)CC)C(C)CC. The number of alkyl halides is 1. The number of halogens is 1. The van der Waals surface area contributed by atoms with E-state index in [0.29, 0.717) is 16.1 Å². The molecule has 0 heterocycles. The zero-order valence-electron chi connectivity index (χ0n) is 12.2. The standard InChI is InChI=1S/C15H29IN/c1-7-11-12-17(13(5)8-2,14(6)9-3)15(16)10-4/h4,13-15H,7-9,11-12H2,1-3,5-6H3/q+1. The van der Waals surface area contributed by atoms with Gasteiger partial charge in [-0.2, -0.15) is 0 Å². The number of terminal acetylenes is 1. The molecule has 1 nitrogen and oxygen atoms in total. The van der Waals surface area contributed by atoms with E-state index in [1.54, 1.807) is 0 Å². The van der Waals surface area contributed by atoms with Gasteiger partial charge in [0.1, 0.15) is 0 Å². The van der Waals surface area contributed by atoms with Crippen LogP contribution in [0.1, 0.15) is 60.3 Å². The largest absolute Gasteiger partial charge is 0.298 e. The smallest absolute Gasteiger partial charge is 0.201 e. The van der Waals surface area contributed by atoms with Crippen LogP contribution in [0.5, 0.6) is 0 Å². The lowest BCUT2D eigenvalue weighted by Gasteiger charge is -2.49. The second kappa shape index (κ2) is 8.37. The highest BCUT2D eigenvalue weighted by Gasteiger charge is 2.42. The highest BCUT2D eigenvalue weighted by molar-refractivity contribution is 14.1. The van der Waals surface area contributed by atoms with Crippen LogP contribution >= 0.6 is 22.6 Å². The number of hydrogen-bond acceptors (Lipinski definition) is 0. The van der Waals surface area contributed by atoms with Crippen molar-refractivity contribution in [1.82, 2.24) is 0 Å². The molecule has 0 bridgehead atoms. The van der Waals surface area contributed by atoms with Crippen LogP contribution < -0.4 is 0 Å². The first-order valence-corrected chi connectivity index (χ1v) is 8.22. The second-order valence-corrected chi connectivity index (χ2v) is 6.27. The molecular formula is C15H29IN+. The molecule has 0 radical (unpaired) electrons. The molecule has 3 unspecified atom stereocenters. The first kappa shape index (κ1) is 17.2. The lowest BCUT2D eigenvalue weighted by molar-refractivity contribution is -0.969. The highest BCUT2D eigenvalue weighted by atomic mass is 127. The topological polar surface area (TPSA) is 0 Å². The van der Waals surface area contributed by atoms with Crippen molar-refractivity contribution < 1.29 is 4.48 Å². The van der Waals surface area contributed by atoms with E-state index < -0.39 is 0 Å². The minimum atomic E-state index is 0.295. The van der Waals surface area contributed by atoms with Gasteiger partial charge in [0, 0.05) is 22.6 Å². The quantitative estimate of drug-likeness (QED) is 0.197. The molecule has 0 N–H and O–H groups in total. The molecule has 17 heavy (non-hydrogen) atoms. The second-order valence-electron chi connectivity index (χ2n) is 5.09. The summed E-state index contributed by atoms with van der Waals surface area (Å²) >= 11 is 2.47. The molecule has 0 spiro atoms. The average Bonchev–Trinajstić information content (AvgIpc) is 2.37. The van der Waals surface area contributed by atoms with E-state index >= 15 is 0 Å². The molecule has 0 aromatic rings. The summed E-state index contributed by atoms with van der Waals surface area (Å²) in [6.07, 6.45) is 10.7. The first-order chi connectivity index (χ1) is 8.00. The molecule has 2 heteroatoms. The molecule has 0 rings (SSSR count). The Hall–Kier alpha value is 0.250. The van der Waals surface area contributed by atoms with Crippen molar-refractivity contribution in [2.24, 2.45) is 0 Å². The van der Waals surface area contributed by atoms with Gasteiger partial charge in [-0.25, -0.2) is 0 Å². The summed E-state index contributed by atoms with van der Waals surface area (Å²) in [7, 11) is 0. The predicted molar refractivity (Wildman–Crippen MR) is 86.2 cm³/mol. The predicted octanol–water partition coefficient (Wildman–Crippen LogP) is 4.59. The minimum absolute atomic E-state index is 0.295. The van der Waals surface area contributed by atoms with E-state index in [9.17, 15) is 0 Å². The Labute approximate surface area is 122 Å². The molecule has 0 aromatic carbocycles. The normalized spacial score (nSPS) is 20.1. The minimum Gasteiger partial charge on any atom is -0.298 e. The summed E-state index contributed by atoms with van der Waals surface area (Å²) in [5.41, 5.74) is 0. The van der Waals surface area contributed by atoms with Crippen LogP contribution in [0.4, 0.5) is 0 Å². The molecule has 0 saturated carbocycles. The van der Waals surface area contributed by atoms with Gasteiger partial charge in [0.25, 0.3) is 0 Å². The van der Waals surface area contributed by atoms with Crippen molar-refractivity contribution in [3.63, 3.8) is 0 Å². The van der Waals surface area contributed by atoms with Crippen LogP contribution in [-0.4, -0.2) is 27.2 Å². The van der Waals surface area contributed by atoms with E-state index in [1.165, 1.54) is 32.2 Å². The Morgan fingerprint density at radius 1 is 1.12 bits per heavy atom. The van der Waals surface area contributed by atoms with Crippen LogP contribution in [0.2, 0.25) is 0 Å². The summed E-state index contributed by atoms with van der Waals surface area (Å²) in [4.78, 5) is 0. The van der Waals surface area contributed by atoms with Crippen LogP contribution in [0.3, 0.4) is 0 Å². The molecule has 0 aliphatic carbocycles. The third-order valence-electron chi connectivity index (χ3n) is 4.28. The molecule has 3 atom stereocenters. The summed E-state index contributed by atoms with van der Waals surface area (Å²) in [5, 5.41) is 0. The number of unbranched alkanes of at least 4 members (excludes halogenated alkanes) is 1. The fraction of sp³-hybridized carbons (Fsp3) is 0.867. The monoisotopic (exact) mass is 350 g/mol. The Bertz CT molecular complexity index is 234. The van der Waals surface area contributed by atoms with Crippen LogP contribution in [0.15, 0.2) is 0 Å². The Morgan fingerprint density at radius 3 is 1.88 bits per heavy atom. The van der Waals surface area contributed by atoms with Gasteiger partial charge >= 0.3 is 0 Å². The maximum Gasteiger partial charge on any atom is 0.201 e.